The first kappa shape index (κ1) is 26.7. The largest absolute Gasteiger partial charge is 0.352 e. The normalized spacial score (nSPS) is 28.1. The van der Waals surface area contributed by atoms with Gasteiger partial charge in [-0.2, -0.15) is 0 Å². The second kappa shape index (κ2) is 12.3. The number of carbonyl (C=O) groups excluding carboxylic acids is 2. The number of amides is 2. The Hall–Kier alpha value is -1.89. The summed E-state index contributed by atoms with van der Waals surface area (Å²) in [7, 11) is 0. The maximum Gasteiger partial charge on any atom is 0.239 e. The molecule has 0 bridgehead atoms. The molecule has 2 amide bonds. The van der Waals surface area contributed by atoms with Gasteiger partial charge in [-0.1, -0.05) is 57.0 Å². The summed E-state index contributed by atoms with van der Waals surface area (Å²) in [6.07, 6.45) is 17.7. The molecule has 1 aliphatic heterocycles. The van der Waals surface area contributed by atoms with E-state index in [1.807, 2.05) is 0 Å². The number of fused-ring (bicyclic) bond motifs is 1. The smallest absolute Gasteiger partial charge is 0.239 e. The Kier molecular flexibility index (Phi) is 8.89. The molecule has 7 nitrogen and oxygen atoms in total. The third kappa shape index (κ3) is 6.40. The molecule has 4 atom stereocenters. The van der Waals surface area contributed by atoms with Crippen molar-refractivity contribution in [1.29, 1.82) is 0 Å². The molecule has 5 rings (SSSR count). The first-order valence-electron chi connectivity index (χ1n) is 14.9. The van der Waals surface area contributed by atoms with Crippen molar-refractivity contribution in [2.75, 3.05) is 18.4 Å². The summed E-state index contributed by atoms with van der Waals surface area (Å²) in [6, 6.07) is 0.661. The maximum atomic E-state index is 13.4. The van der Waals surface area contributed by atoms with Crippen LogP contribution in [0.3, 0.4) is 0 Å². The van der Waals surface area contributed by atoms with Crippen LogP contribution in [0.1, 0.15) is 108 Å². The molecule has 37 heavy (non-hydrogen) atoms. The van der Waals surface area contributed by atoms with E-state index >= 15 is 0 Å². The monoisotopic (exact) mass is 529 g/mol. The van der Waals surface area contributed by atoms with E-state index in [0.717, 1.165) is 44.2 Å². The molecule has 3 unspecified atom stereocenters. The predicted molar refractivity (Wildman–Crippen MR) is 146 cm³/mol. The van der Waals surface area contributed by atoms with E-state index in [2.05, 4.69) is 22.5 Å². The number of hydrogen-bond donors (Lipinski definition) is 2. The zero-order valence-corrected chi connectivity index (χ0v) is 23.1. The van der Waals surface area contributed by atoms with Gasteiger partial charge in [-0.15, -0.1) is 0 Å². The van der Waals surface area contributed by atoms with Gasteiger partial charge in [0.2, 0.25) is 17.8 Å². The van der Waals surface area contributed by atoms with Crippen LogP contribution in [0.25, 0.3) is 0 Å². The fourth-order valence-corrected chi connectivity index (χ4v) is 7.68. The average Bonchev–Trinajstić information content (AvgIpc) is 3.23. The number of aromatic nitrogens is 2. The first-order chi connectivity index (χ1) is 18.0. The number of hydrogen-bond acceptors (Lipinski definition) is 5. The molecule has 4 fully saturated rings. The SMILES string of the molecule is CC[C@@H](NC(=O)CN1CC2CCC(c3nc(NC4CCCCC4)ncc3Cl)CC2C1=O)C1CCCCC1. The molecule has 3 saturated carbocycles. The van der Waals surface area contributed by atoms with E-state index in [-0.39, 0.29) is 36.2 Å². The van der Waals surface area contributed by atoms with Crippen LogP contribution in [0.5, 0.6) is 0 Å². The number of carbonyl (C=O) groups is 2. The summed E-state index contributed by atoms with van der Waals surface area (Å²) in [5.41, 5.74) is 0.871. The van der Waals surface area contributed by atoms with Crippen LogP contribution in [0, 0.1) is 17.8 Å². The van der Waals surface area contributed by atoms with Crippen LogP contribution in [-0.2, 0) is 9.59 Å². The lowest BCUT2D eigenvalue weighted by atomic mass is 9.74. The predicted octanol–water partition coefficient (Wildman–Crippen LogP) is 5.69. The van der Waals surface area contributed by atoms with Crippen LogP contribution in [0.4, 0.5) is 5.95 Å². The highest BCUT2D eigenvalue weighted by molar-refractivity contribution is 6.31. The molecule has 0 aromatic carbocycles. The highest BCUT2D eigenvalue weighted by Crippen LogP contribution is 2.45. The molecular formula is C29H44ClN5O2. The number of halogens is 1. The van der Waals surface area contributed by atoms with E-state index < -0.39 is 0 Å². The number of anilines is 1. The first-order valence-corrected chi connectivity index (χ1v) is 15.3. The van der Waals surface area contributed by atoms with Gasteiger partial charge < -0.3 is 15.5 Å². The lowest BCUT2D eigenvalue weighted by Gasteiger charge is -2.30. The Morgan fingerprint density at radius 3 is 2.54 bits per heavy atom. The van der Waals surface area contributed by atoms with Gasteiger partial charge in [0, 0.05) is 30.5 Å². The number of nitrogens with one attached hydrogen (secondary N) is 2. The standard InChI is InChI=1S/C29H44ClN5O2/c1-2-25(19-9-5-3-6-10-19)33-26(36)18-35-17-21-14-13-20(15-23(21)28(35)37)27-24(30)16-31-29(34-27)32-22-11-7-4-8-12-22/h16,19-23,25H,2-15,17-18H2,1H3,(H,33,36)(H,31,32,34)/t20?,21?,23?,25-/m1/s1. The second-order valence-electron chi connectivity index (χ2n) is 12.0. The molecule has 1 saturated heterocycles. The van der Waals surface area contributed by atoms with Gasteiger partial charge in [-0.25, -0.2) is 9.97 Å². The van der Waals surface area contributed by atoms with Crippen LogP contribution in [0.15, 0.2) is 6.20 Å². The maximum absolute atomic E-state index is 13.4. The molecule has 0 spiro atoms. The molecule has 204 valence electrons. The lowest BCUT2D eigenvalue weighted by Crippen LogP contribution is -2.46. The Bertz CT molecular complexity index is 946. The fourth-order valence-electron chi connectivity index (χ4n) is 7.43. The molecular weight excluding hydrogens is 486 g/mol. The summed E-state index contributed by atoms with van der Waals surface area (Å²) >= 11 is 6.57. The van der Waals surface area contributed by atoms with E-state index in [4.69, 9.17) is 16.6 Å². The molecule has 2 heterocycles. The van der Waals surface area contributed by atoms with Crippen molar-refractivity contribution in [2.24, 2.45) is 17.8 Å². The second-order valence-corrected chi connectivity index (χ2v) is 12.4. The van der Waals surface area contributed by atoms with Gasteiger partial charge in [0.1, 0.15) is 0 Å². The number of rotatable bonds is 8. The van der Waals surface area contributed by atoms with Gasteiger partial charge in [0.25, 0.3) is 0 Å². The minimum absolute atomic E-state index is 0.00163. The Morgan fingerprint density at radius 1 is 1.08 bits per heavy atom. The summed E-state index contributed by atoms with van der Waals surface area (Å²) in [6.45, 7) is 3.03. The van der Waals surface area contributed by atoms with Crippen molar-refractivity contribution in [3.8, 4) is 0 Å². The Balaban J connectivity index is 1.18. The Morgan fingerprint density at radius 2 is 1.81 bits per heavy atom. The van der Waals surface area contributed by atoms with E-state index in [1.165, 1.54) is 51.4 Å². The summed E-state index contributed by atoms with van der Waals surface area (Å²) in [5.74, 6) is 1.78. The minimum Gasteiger partial charge on any atom is -0.352 e. The van der Waals surface area contributed by atoms with Gasteiger partial charge in [-0.05, 0) is 63.2 Å². The third-order valence-corrected chi connectivity index (χ3v) is 9.80. The van der Waals surface area contributed by atoms with Crippen molar-refractivity contribution in [2.45, 2.75) is 115 Å². The molecule has 2 N–H and O–H groups in total. The molecule has 8 heteroatoms. The summed E-state index contributed by atoms with van der Waals surface area (Å²) < 4.78 is 0. The van der Waals surface area contributed by atoms with Crippen molar-refractivity contribution in [1.82, 2.24) is 20.2 Å². The highest BCUT2D eigenvalue weighted by atomic mass is 35.5. The average molecular weight is 530 g/mol. The minimum atomic E-state index is -0.0485. The Labute approximate surface area is 226 Å². The van der Waals surface area contributed by atoms with Gasteiger partial charge in [0.05, 0.1) is 23.5 Å². The van der Waals surface area contributed by atoms with Crippen LogP contribution in [0.2, 0.25) is 5.02 Å². The van der Waals surface area contributed by atoms with Gasteiger partial charge in [-0.3, -0.25) is 9.59 Å². The molecule has 4 aliphatic rings. The molecule has 3 aliphatic carbocycles. The highest BCUT2D eigenvalue weighted by Gasteiger charge is 2.45. The van der Waals surface area contributed by atoms with E-state index in [1.54, 1.807) is 11.1 Å². The number of nitrogens with zero attached hydrogens (tertiary/aromatic N) is 3. The molecule has 1 aromatic rings. The zero-order chi connectivity index (χ0) is 25.8. The molecule has 1 aromatic heterocycles. The van der Waals surface area contributed by atoms with E-state index in [0.29, 0.717) is 35.4 Å². The summed E-state index contributed by atoms with van der Waals surface area (Å²) in [5, 5.41) is 7.38. The van der Waals surface area contributed by atoms with Crippen molar-refractivity contribution in [3.63, 3.8) is 0 Å². The summed E-state index contributed by atoms with van der Waals surface area (Å²) in [4.78, 5) is 37.4. The zero-order valence-electron chi connectivity index (χ0n) is 22.4. The van der Waals surface area contributed by atoms with Gasteiger partial charge >= 0.3 is 0 Å². The third-order valence-electron chi connectivity index (χ3n) is 9.51. The van der Waals surface area contributed by atoms with Crippen molar-refractivity contribution in [3.05, 3.63) is 16.9 Å². The van der Waals surface area contributed by atoms with Crippen molar-refractivity contribution < 1.29 is 9.59 Å². The topological polar surface area (TPSA) is 87.2 Å². The van der Waals surface area contributed by atoms with Crippen LogP contribution < -0.4 is 10.6 Å². The number of likely N-dealkylation sites (tertiary alicyclic amines) is 1. The van der Waals surface area contributed by atoms with Crippen LogP contribution >= 0.6 is 11.6 Å². The van der Waals surface area contributed by atoms with Gasteiger partial charge in [0.15, 0.2) is 0 Å². The van der Waals surface area contributed by atoms with E-state index in [9.17, 15) is 9.59 Å². The van der Waals surface area contributed by atoms with Crippen LogP contribution in [-0.4, -0.2) is 51.9 Å². The van der Waals surface area contributed by atoms with Crippen molar-refractivity contribution >= 4 is 29.4 Å². The lowest BCUT2D eigenvalue weighted by molar-refractivity contribution is -0.136. The molecule has 0 radical (unpaired) electrons. The fraction of sp³-hybridized carbons (Fsp3) is 0.793. The quantitative estimate of drug-likeness (QED) is 0.451.